The summed E-state index contributed by atoms with van der Waals surface area (Å²) in [6.07, 6.45) is -6.25. The van der Waals surface area contributed by atoms with Gasteiger partial charge in [-0.1, -0.05) is 110 Å². The van der Waals surface area contributed by atoms with Crippen LogP contribution in [0.4, 0.5) is 4.79 Å². The third-order valence-corrected chi connectivity index (χ3v) is 14.6. The van der Waals surface area contributed by atoms with Crippen LogP contribution in [-0.2, 0) is 81.4 Å². The van der Waals surface area contributed by atoms with Gasteiger partial charge in [-0.3, -0.25) is 24.1 Å². The van der Waals surface area contributed by atoms with E-state index >= 15 is 4.79 Å². The number of likely N-dealkylation sites (N-methyl/N-ethyl adjacent to an activating group) is 4. The van der Waals surface area contributed by atoms with Crippen molar-refractivity contribution in [1.29, 1.82) is 0 Å². The Balaban J connectivity index is 1.79. The van der Waals surface area contributed by atoms with Gasteiger partial charge >= 0.3 is 30.0 Å². The topological polar surface area (TPSA) is 219 Å². The summed E-state index contributed by atoms with van der Waals surface area (Å²) in [4.78, 5) is 138. The van der Waals surface area contributed by atoms with Crippen LogP contribution in [0.2, 0.25) is 0 Å². The summed E-state index contributed by atoms with van der Waals surface area (Å²) in [7, 11) is 5.56. The van der Waals surface area contributed by atoms with Crippen LogP contribution in [0.25, 0.3) is 0 Å². The second kappa shape index (κ2) is 30.6. The van der Waals surface area contributed by atoms with Crippen molar-refractivity contribution < 1.29 is 66.8 Å². The highest BCUT2D eigenvalue weighted by atomic mass is 16.6. The largest absolute Gasteiger partial charge is 0.451 e. The Labute approximate surface area is 486 Å². The monoisotopic (exact) mass is 1150 g/mol. The van der Waals surface area contributed by atoms with Gasteiger partial charge in [0.2, 0.25) is 0 Å². The number of benzene rings is 2. The molecule has 2 aromatic carbocycles. The molecule has 2 aliphatic rings. The molecule has 2 heterocycles. The van der Waals surface area contributed by atoms with E-state index in [1.165, 1.54) is 42.0 Å². The van der Waals surface area contributed by atoms with Crippen LogP contribution in [0.5, 0.6) is 0 Å². The van der Waals surface area contributed by atoms with Crippen LogP contribution in [0.15, 0.2) is 54.6 Å². The summed E-state index contributed by atoms with van der Waals surface area (Å²) in [6.45, 7) is 25.8. The van der Waals surface area contributed by atoms with Crippen LogP contribution >= 0.6 is 0 Å². The van der Waals surface area contributed by atoms with Crippen molar-refractivity contribution in [3.05, 3.63) is 71.3 Å². The number of carbonyl (C=O) groups is 9. The van der Waals surface area contributed by atoms with Gasteiger partial charge in [0.05, 0.1) is 0 Å². The molecule has 5 amide bonds. The SMILES string of the molecule is CC(C)C[C@H]1C(=O)O[C@H](Cc2ccc(CN3CCN(C(=O)OC(C)(C)C)CC3)cc2)C(=O)N(C)[C@@H](CC(C)C)C(=O)O[C@H](C)C(=O)N(C)[C@@H](CC(C)C)C(=O)O[C@H](Cc2ccccc2)C(=O)N(C)[C@@H](CC(C)C)C(=O)O[C@H](C)C(=O)N1C. The molecule has 20 nitrogen and oxygen atoms in total. The fourth-order valence-electron chi connectivity index (χ4n) is 9.98. The molecule has 0 aliphatic carbocycles. The number of cyclic esters (lactones) is 4. The first-order valence-corrected chi connectivity index (χ1v) is 29.0. The van der Waals surface area contributed by atoms with Gasteiger partial charge in [0.25, 0.3) is 23.6 Å². The van der Waals surface area contributed by atoms with E-state index in [0.29, 0.717) is 43.9 Å². The van der Waals surface area contributed by atoms with Crippen LogP contribution in [0.1, 0.15) is 132 Å². The lowest BCUT2D eigenvalue weighted by atomic mass is 9.99. The molecule has 2 fully saturated rings. The molecule has 0 saturated carbocycles. The summed E-state index contributed by atoms with van der Waals surface area (Å²) >= 11 is 0. The van der Waals surface area contributed by atoms with Crippen LogP contribution in [0, 0.1) is 23.7 Å². The normalized spacial score (nSPS) is 24.5. The number of rotatable bonds is 14. The van der Waals surface area contributed by atoms with E-state index in [1.54, 1.807) is 35.2 Å². The predicted molar refractivity (Wildman–Crippen MR) is 308 cm³/mol. The van der Waals surface area contributed by atoms with Crippen LogP contribution < -0.4 is 0 Å². The highest BCUT2D eigenvalue weighted by Crippen LogP contribution is 2.25. The summed E-state index contributed by atoms with van der Waals surface area (Å²) in [5, 5.41) is 0. The minimum atomic E-state index is -1.55. The Morgan fingerprint density at radius 2 is 0.793 bits per heavy atom. The van der Waals surface area contributed by atoms with Gasteiger partial charge in [0.1, 0.15) is 29.8 Å². The lowest BCUT2D eigenvalue weighted by Gasteiger charge is -2.35. The van der Waals surface area contributed by atoms with Crippen LogP contribution in [0.3, 0.4) is 0 Å². The Hall–Kier alpha value is -6.57. The maximum Gasteiger partial charge on any atom is 0.410 e. The zero-order valence-corrected chi connectivity index (χ0v) is 51.8. The molecule has 2 aliphatic heterocycles. The van der Waals surface area contributed by atoms with E-state index in [4.69, 9.17) is 23.7 Å². The van der Waals surface area contributed by atoms with Gasteiger partial charge in [-0.2, -0.15) is 0 Å². The molecule has 0 radical (unpaired) electrons. The van der Waals surface area contributed by atoms with Crippen molar-refractivity contribution in [1.82, 2.24) is 29.4 Å². The average molecular weight is 1150 g/mol. The maximum absolute atomic E-state index is 15.1. The summed E-state index contributed by atoms with van der Waals surface area (Å²) in [5.41, 5.74) is 1.60. The van der Waals surface area contributed by atoms with Gasteiger partial charge < -0.3 is 48.2 Å². The zero-order valence-electron chi connectivity index (χ0n) is 51.8. The highest BCUT2D eigenvalue weighted by molar-refractivity contribution is 5.94. The van der Waals surface area contributed by atoms with E-state index < -0.39 is 102 Å². The van der Waals surface area contributed by atoms with E-state index in [2.05, 4.69) is 4.90 Å². The second-order valence-corrected chi connectivity index (χ2v) is 24.8. The van der Waals surface area contributed by atoms with Crippen molar-refractivity contribution in [3.8, 4) is 0 Å². The van der Waals surface area contributed by atoms with Gasteiger partial charge in [0, 0.05) is 73.8 Å². The first-order chi connectivity index (χ1) is 38.3. The Kier molecular flexibility index (Phi) is 25.4. The van der Waals surface area contributed by atoms with Crippen molar-refractivity contribution >= 4 is 53.6 Å². The number of hydrogen-bond donors (Lipinski definition) is 0. The molecule has 0 bridgehead atoms. The third kappa shape index (κ3) is 20.1. The predicted octanol–water partition coefficient (Wildman–Crippen LogP) is 6.72. The van der Waals surface area contributed by atoms with E-state index in [-0.39, 0.29) is 68.3 Å². The van der Waals surface area contributed by atoms with Crippen molar-refractivity contribution in [2.45, 2.75) is 189 Å². The van der Waals surface area contributed by atoms with Gasteiger partial charge in [0.15, 0.2) is 24.4 Å². The molecule has 0 aromatic heterocycles. The van der Waals surface area contributed by atoms with E-state index in [1.807, 2.05) is 100 Å². The lowest BCUT2D eigenvalue weighted by molar-refractivity contribution is -0.176. The Bertz CT molecular complexity index is 2470. The third-order valence-electron chi connectivity index (χ3n) is 14.6. The molecule has 456 valence electrons. The molecule has 2 aromatic rings. The number of esters is 4. The second-order valence-electron chi connectivity index (χ2n) is 24.8. The standard InChI is InChI=1S/C62H94N6O14/c1-38(2)31-47-57(73)78-43(10)54(70)64(15)50(34-41(7)8)60(76)81-52(36-45-23-25-46(26-24-45)37-67-27-29-68(30-28-67)61(77)82-62(11,12)13)56(72)66(17)48(32-39(3)4)58(74)79-42(9)53(69)63(14)49(33-40(5)6)59(75)80-51(55(71)65(47)16)35-44-21-19-18-20-22-44/h18-26,38-43,47-52H,27-37H2,1-17H3/t42-,43-,47+,48+,49+,50+,51-,52-/m1/s1. The summed E-state index contributed by atoms with van der Waals surface area (Å²) in [6, 6.07) is 11.2. The van der Waals surface area contributed by atoms with Gasteiger partial charge in [-0.25, -0.2) is 24.0 Å². The zero-order chi connectivity index (χ0) is 61.5. The van der Waals surface area contributed by atoms with Crippen LogP contribution in [-0.4, -0.2) is 192 Å². The molecule has 2 saturated heterocycles. The summed E-state index contributed by atoms with van der Waals surface area (Å²) in [5.74, 6) is -7.40. The Morgan fingerprint density at radius 1 is 0.476 bits per heavy atom. The molecule has 8 atom stereocenters. The number of nitrogens with zero attached hydrogens (tertiary/aromatic N) is 6. The number of ether oxygens (including phenoxy) is 5. The molecule has 20 heteroatoms. The minimum absolute atomic E-state index is 0.0780. The molecular formula is C62H94N6O14. The fraction of sp³-hybridized carbons (Fsp3) is 0.661. The maximum atomic E-state index is 15.1. The molecular weight excluding hydrogens is 1050 g/mol. The first kappa shape index (κ1) is 67.9. The first-order valence-electron chi connectivity index (χ1n) is 29.0. The molecule has 0 unspecified atom stereocenters. The van der Waals surface area contributed by atoms with Gasteiger partial charge in [-0.15, -0.1) is 0 Å². The number of carbonyl (C=O) groups excluding carboxylic acids is 9. The van der Waals surface area contributed by atoms with Crippen molar-refractivity contribution in [2.75, 3.05) is 54.4 Å². The number of piperazine rings is 1. The quantitative estimate of drug-likeness (QED) is 0.142. The highest BCUT2D eigenvalue weighted by Gasteiger charge is 2.43. The fourth-order valence-corrected chi connectivity index (χ4v) is 9.98. The number of amides is 5. The number of hydrogen-bond acceptors (Lipinski definition) is 15. The Morgan fingerprint density at radius 3 is 1.13 bits per heavy atom. The molecule has 4 rings (SSSR count). The molecule has 0 N–H and O–H groups in total. The molecule has 0 spiro atoms. The van der Waals surface area contributed by atoms with Gasteiger partial charge in [-0.05, 0) is 101 Å². The van der Waals surface area contributed by atoms with Crippen molar-refractivity contribution in [2.24, 2.45) is 23.7 Å². The molecule has 82 heavy (non-hydrogen) atoms. The lowest BCUT2D eigenvalue weighted by Crippen LogP contribution is -2.55. The van der Waals surface area contributed by atoms with E-state index in [9.17, 15) is 38.4 Å². The van der Waals surface area contributed by atoms with E-state index in [0.717, 1.165) is 25.2 Å². The minimum Gasteiger partial charge on any atom is -0.451 e. The van der Waals surface area contributed by atoms with Crippen molar-refractivity contribution in [3.63, 3.8) is 0 Å². The smallest absolute Gasteiger partial charge is 0.410 e. The summed E-state index contributed by atoms with van der Waals surface area (Å²) < 4.78 is 29.7. The average Bonchev–Trinajstić information content (AvgIpc) is 3.55.